The number of halogens is 5. The van der Waals surface area contributed by atoms with Gasteiger partial charge in [0.2, 0.25) is 0 Å². The summed E-state index contributed by atoms with van der Waals surface area (Å²) < 4.78 is 48.7. The quantitative estimate of drug-likeness (QED) is 0.383. The summed E-state index contributed by atoms with van der Waals surface area (Å²) in [5.41, 5.74) is -1.57. The van der Waals surface area contributed by atoms with Crippen LogP contribution in [0.1, 0.15) is 64.9 Å². The van der Waals surface area contributed by atoms with Gasteiger partial charge in [0.15, 0.2) is 0 Å². The van der Waals surface area contributed by atoms with Crippen molar-refractivity contribution in [2.45, 2.75) is 82.6 Å². The number of nitrogens with zero attached hydrogens (tertiary/aromatic N) is 5. The van der Waals surface area contributed by atoms with Crippen LogP contribution in [-0.2, 0) is 0 Å². The fourth-order valence-electron chi connectivity index (χ4n) is 7.74. The van der Waals surface area contributed by atoms with Crippen molar-refractivity contribution in [3.8, 4) is 6.01 Å². The number of aromatic nitrogens is 2. The van der Waals surface area contributed by atoms with Crippen LogP contribution in [0.5, 0.6) is 6.01 Å². The van der Waals surface area contributed by atoms with Gasteiger partial charge in [-0.3, -0.25) is 9.80 Å². The summed E-state index contributed by atoms with van der Waals surface area (Å²) in [5.74, 6) is 0.377. The lowest BCUT2D eigenvalue weighted by atomic mass is 9.71. The lowest BCUT2D eigenvalue weighted by molar-refractivity contribution is 0.00527. The molecule has 4 atom stereocenters. The Morgan fingerprint density at radius 1 is 1.29 bits per heavy atom. The van der Waals surface area contributed by atoms with Crippen molar-refractivity contribution in [3.63, 3.8) is 0 Å². The summed E-state index contributed by atoms with van der Waals surface area (Å²) in [5, 5.41) is 10.5. The van der Waals surface area contributed by atoms with Crippen LogP contribution in [0.4, 0.5) is 23.8 Å². The Bertz CT molecular complexity index is 1400. The minimum atomic E-state index is -2.79. The number of fused-ring (bicyclic) bond motifs is 4. The van der Waals surface area contributed by atoms with E-state index in [0.717, 1.165) is 19.4 Å². The molecule has 1 aromatic heterocycles. The standard InChI is InChI=1S/C28H34BrClF3N5O3/c1-26(2,3)28-7-5-16(38(28)25(39)40)12-36(13-28)23-18-9-17(22(32)33)19(29)20(30)21(18)34-24(35-23)41-14-27-6-4-8-37(27)11-15(31)10-27/h9,15-16,22H,4-8,10-14H2,1-3H3,(H,39,40)/t15-,16+,27+,28+/m1/s1. The first-order valence-electron chi connectivity index (χ1n) is 14.0. The lowest BCUT2D eigenvalue weighted by Gasteiger charge is -2.54. The van der Waals surface area contributed by atoms with Crippen molar-refractivity contribution >= 4 is 50.3 Å². The first kappa shape index (κ1) is 29.0. The summed E-state index contributed by atoms with van der Waals surface area (Å²) in [6.07, 6.45) is -1.17. The number of rotatable bonds is 5. The van der Waals surface area contributed by atoms with E-state index in [4.69, 9.17) is 21.3 Å². The molecule has 1 amide bonds. The fraction of sp³-hybridized carbons (Fsp3) is 0.679. The first-order chi connectivity index (χ1) is 19.3. The molecule has 4 fully saturated rings. The van der Waals surface area contributed by atoms with Crippen LogP contribution in [0.25, 0.3) is 10.9 Å². The minimum absolute atomic E-state index is 0.0225. The molecule has 4 aliphatic rings. The molecule has 0 saturated carbocycles. The van der Waals surface area contributed by atoms with Gasteiger partial charge in [0.25, 0.3) is 6.43 Å². The second-order valence-electron chi connectivity index (χ2n) is 13.0. The molecule has 4 aliphatic heterocycles. The second kappa shape index (κ2) is 10.0. The van der Waals surface area contributed by atoms with Crippen molar-refractivity contribution in [3.05, 3.63) is 21.1 Å². The largest absolute Gasteiger partial charge is 0.465 e. The number of carboxylic acid groups (broad SMARTS) is 1. The monoisotopic (exact) mass is 659 g/mol. The molecule has 1 N–H and O–H groups in total. The average molecular weight is 661 g/mol. The molecule has 2 bridgehead atoms. The number of alkyl halides is 3. The Morgan fingerprint density at radius 3 is 2.73 bits per heavy atom. The number of carbonyl (C=O) groups is 1. The third-order valence-electron chi connectivity index (χ3n) is 9.83. The van der Waals surface area contributed by atoms with Gasteiger partial charge in [-0.25, -0.2) is 18.0 Å². The first-order valence-corrected chi connectivity index (χ1v) is 15.2. The predicted molar refractivity (Wildman–Crippen MR) is 153 cm³/mol. The van der Waals surface area contributed by atoms with Crippen molar-refractivity contribution in [1.82, 2.24) is 19.8 Å². The van der Waals surface area contributed by atoms with Crippen molar-refractivity contribution in [2.75, 3.05) is 37.7 Å². The Labute approximate surface area is 250 Å². The average Bonchev–Trinajstić information content (AvgIpc) is 3.50. The molecule has 1 aromatic carbocycles. The summed E-state index contributed by atoms with van der Waals surface area (Å²) >= 11 is 9.86. The van der Waals surface area contributed by atoms with Crippen molar-refractivity contribution in [2.24, 2.45) is 5.41 Å². The van der Waals surface area contributed by atoms with E-state index in [0.29, 0.717) is 50.1 Å². The Kier molecular flexibility index (Phi) is 7.09. The maximum atomic E-state index is 14.4. The van der Waals surface area contributed by atoms with Crippen LogP contribution in [-0.4, -0.2) is 87.0 Å². The molecule has 6 rings (SSSR count). The van der Waals surface area contributed by atoms with Gasteiger partial charge in [-0.05, 0) is 59.6 Å². The van der Waals surface area contributed by atoms with Gasteiger partial charge >= 0.3 is 12.1 Å². The molecular formula is C28H34BrClF3N5O3. The molecular weight excluding hydrogens is 627 g/mol. The van der Waals surface area contributed by atoms with Gasteiger partial charge in [0, 0.05) is 41.5 Å². The molecule has 224 valence electrons. The Hall–Kier alpha value is -2.05. The summed E-state index contributed by atoms with van der Waals surface area (Å²) in [4.78, 5) is 27.4. The van der Waals surface area contributed by atoms with E-state index in [2.05, 4.69) is 25.8 Å². The van der Waals surface area contributed by atoms with E-state index in [1.807, 2.05) is 25.7 Å². The second-order valence-corrected chi connectivity index (χ2v) is 14.2. The number of anilines is 1. The van der Waals surface area contributed by atoms with Gasteiger partial charge in [-0.15, -0.1) is 0 Å². The molecule has 2 aromatic rings. The van der Waals surface area contributed by atoms with Gasteiger partial charge in [0.05, 0.1) is 27.7 Å². The molecule has 4 saturated heterocycles. The lowest BCUT2D eigenvalue weighted by Crippen LogP contribution is -2.68. The topological polar surface area (TPSA) is 82.0 Å². The highest BCUT2D eigenvalue weighted by molar-refractivity contribution is 9.10. The zero-order valence-corrected chi connectivity index (χ0v) is 25.6. The molecule has 8 nitrogen and oxygen atoms in total. The van der Waals surface area contributed by atoms with Gasteiger partial charge in [0.1, 0.15) is 18.6 Å². The maximum absolute atomic E-state index is 14.4. The van der Waals surface area contributed by atoms with Crippen LogP contribution in [0.2, 0.25) is 5.02 Å². The van der Waals surface area contributed by atoms with Crippen LogP contribution < -0.4 is 9.64 Å². The summed E-state index contributed by atoms with van der Waals surface area (Å²) in [6.45, 7) is 8.13. The van der Waals surface area contributed by atoms with Crippen LogP contribution in [0, 0.1) is 5.41 Å². The molecule has 13 heteroatoms. The van der Waals surface area contributed by atoms with Gasteiger partial charge < -0.3 is 14.7 Å². The van der Waals surface area contributed by atoms with Crippen molar-refractivity contribution < 1.29 is 27.8 Å². The van der Waals surface area contributed by atoms with Crippen LogP contribution >= 0.6 is 27.5 Å². The SMILES string of the molecule is CC(C)(C)[C@]12CC[C@@H](CN(c3nc(OC[C@@]45CCCN4C[C@H](F)C5)nc4c(Cl)c(Br)c(C(F)F)cc34)C1)N2C(=O)O. The smallest absolute Gasteiger partial charge is 0.408 e. The molecule has 0 aliphatic carbocycles. The highest BCUT2D eigenvalue weighted by Gasteiger charge is 2.59. The van der Waals surface area contributed by atoms with E-state index in [1.165, 1.54) is 6.07 Å². The van der Waals surface area contributed by atoms with E-state index in [-0.39, 0.29) is 39.2 Å². The highest BCUT2D eigenvalue weighted by atomic mass is 79.9. The number of amides is 1. The van der Waals surface area contributed by atoms with Crippen LogP contribution in [0.3, 0.4) is 0 Å². The van der Waals surface area contributed by atoms with E-state index < -0.39 is 35.2 Å². The third kappa shape index (κ3) is 4.54. The number of ether oxygens (including phenoxy) is 1. The van der Waals surface area contributed by atoms with Gasteiger partial charge in [-0.1, -0.05) is 32.4 Å². The number of piperazine rings is 1. The minimum Gasteiger partial charge on any atom is -0.465 e. The zero-order chi connectivity index (χ0) is 29.5. The predicted octanol–water partition coefficient (Wildman–Crippen LogP) is 6.69. The third-order valence-corrected chi connectivity index (χ3v) is 11.3. The highest BCUT2D eigenvalue weighted by Crippen LogP contribution is 2.51. The van der Waals surface area contributed by atoms with Crippen LogP contribution in [0.15, 0.2) is 10.5 Å². The number of hydrogen-bond donors (Lipinski definition) is 1. The van der Waals surface area contributed by atoms with Gasteiger partial charge in [-0.2, -0.15) is 9.97 Å². The van der Waals surface area contributed by atoms with E-state index in [1.54, 1.807) is 4.90 Å². The molecule has 0 spiro atoms. The number of benzene rings is 1. The Morgan fingerprint density at radius 2 is 2.05 bits per heavy atom. The maximum Gasteiger partial charge on any atom is 0.408 e. The molecule has 0 unspecified atom stereocenters. The summed E-state index contributed by atoms with van der Waals surface area (Å²) in [6, 6.07) is 1.10. The number of hydrogen-bond acceptors (Lipinski definition) is 6. The van der Waals surface area contributed by atoms with Crippen molar-refractivity contribution in [1.29, 1.82) is 0 Å². The summed E-state index contributed by atoms with van der Waals surface area (Å²) in [7, 11) is 0. The fourth-order valence-corrected chi connectivity index (χ4v) is 8.47. The zero-order valence-electron chi connectivity index (χ0n) is 23.3. The Balaban J connectivity index is 1.45. The normalized spacial score (nSPS) is 30.1. The van der Waals surface area contributed by atoms with E-state index in [9.17, 15) is 23.1 Å². The molecule has 0 radical (unpaired) electrons. The molecule has 41 heavy (non-hydrogen) atoms. The van der Waals surface area contributed by atoms with E-state index >= 15 is 0 Å². The molecule has 5 heterocycles.